The molecular formula is C46H81NO8. The van der Waals surface area contributed by atoms with Crippen molar-refractivity contribution in [1.82, 2.24) is 5.32 Å². The van der Waals surface area contributed by atoms with Gasteiger partial charge in [0.2, 0.25) is 5.91 Å². The van der Waals surface area contributed by atoms with Crippen molar-refractivity contribution in [2.45, 2.75) is 211 Å². The molecule has 0 spiro atoms. The number of carbonyl (C=O) groups is 1. The average Bonchev–Trinajstić information content (AvgIpc) is 3.18. The average molecular weight is 776 g/mol. The van der Waals surface area contributed by atoms with E-state index in [0.29, 0.717) is 12.8 Å². The summed E-state index contributed by atoms with van der Waals surface area (Å²) in [6.45, 7) is 3.64. The van der Waals surface area contributed by atoms with Gasteiger partial charge in [0.15, 0.2) is 6.29 Å². The first-order valence-electron chi connectivity index (χ1n) is 22.0. The number of hydrogen-bond donors (Lipinski definition) is 6. The van der Waals surface area contributed by atoms with E-state index in [2.05, 4.69) is 79.9 Å². The number of aliphatic hydroxyl groups is 5. The van der Waals surface area contributed by atoms with E-state index in [4.69, 9.17) is 9.47 Å². The lowest BCUT2D eigenvalue weighted by Gasteiger charge is -2.40. The van der Waals surface area contributed by atoms with Gasteiger partial charge in [0.1, 0.15) is 24.4 Å². The number of unbranched alkanes of at least 4 members (excludes halogenated alkanes) is 15. The van der Waals surface area contributed by atoms with Crippen molar-refractivity contribution >= 4 is 5.91 Å². The van der Waals surface area contributed by atoms with E-state index in [1.807, 2.05) is 0 Å². The molecule has 7 unspecified atom stereocenters. The Bertz CT molecular complexity index is 1040. The summed E-state index contributed by atoms with van der Waals surface area (Å²) < 4.78 is 11.2. The van der Waals surface area contributed by atoms with Crippen molar-refractivity contribution in [2.75, 3.05) is 13.2 Å². The van der Waals surface area contributed by atoms with Gasteiger partial charge >= 0.3 is 0 Å². The summed E-state index contributed by atoms with van der Waals surface area (Å²) in [4.78, 5) is 12.9. The molecule has 1 rings (SSSR count). The molecule has 0 aromatic carbocycles. The molecule has 0 aliphatic carbocycles. The fourth-order valence-electron chi connectivity index (χ4n) is 6.60. The van der Waals surface area contributed by atoms with E-state index in [-0.39, 0.29) is 12.5 Å². The zero-order valence-corrected chi connectivity index (χ0v) is 34.7. The normalized spacial score (nSPS) is 21.9. The quantitative estimate of drug-likeness (QED) is 0.0277. The minimum Gasteiger partial charge on any atom is -0.394 e. The van der Waals surface area contributed by atoms with Crippen molar-refractivity contribution < 1.29 is 39.8 Å². The number of nitrogens with one attached hydrogen (secondary N) is 1. The number of ether oxygens (including phenoxy) is 2. The van der Waals surface area contributed by atoms with Crippen LogP contribution >= 0.6 is 0 Å². The monoisotopic (exact) mass is 776 g/mol. The summed E-state index contributed by atoms with van der Waals surface area (Å²) in [6.07, 6.45) is 39.7. The standard InChI is InChI=1S/C46H81NO8/c1-3-5-7-9-11-12-13-14-15-16-17-18-19-20-21-22-23-24-25-26-27-28-30-32-34-36-42(50)47-39(40(49)35-33-31-29-10-8-6-4-2)38-54-46-45(53)44(52)43(51)41(37-48)55-46/h5,7,11-12,14-15,17-18,20-21,39-41,43-46,48-49,51-53H,3-4,6,8-10,13,16,19,22-38H2,1-2H3,(H,47,50)/b7-5-,12-11-,15-14-,18-17-,21-20-. The Balaban J connectivity index is 2.22. The van der Waals surface area contributed by atoms with Gasteiger partial charge in [-0.05, 0) is 57.8 Å². The zero-order chi connectivity index (χ0) is 40.2. The van der Waals surface area contributed by atoms with Crippen LogP contribution in [-0.4, -0.2) is 87.5 Å². The largest absolute Gasteiger partial charge is 0.394 e. The number of carbonyl (C=O) groups excluding carboxylic acids is 1. The van der Waals surface area contributed by atoms with E-state index in [1.165, 1.54) is 64.2 Å². The predicted octanol–water partition coefficient (Wildman–Crippen LogP) is 8.83. The molecule has 0 radical (unpaired) electrons. The molecule has 0 saturated carbocycles. The van der Waals surface area contributed by atoms with Gasteiger partial charge in [0.05, 0.1) is 25.4 Å². The number of allylic oxidation sites excluding steroid dienone is 10. The summed E-state index contributed by atoms with van der Waals surface area (Å²) >= 11 is 0. The number of amides is 1. The first kappa shape index (κ1) is 50.9. The van der Waals surface area contributed by atoms with Gasteiger partial charge in [0.25, 0.3) is 0 Å². The van der Waals surface area contributed by atoms with E-state index in [9.17, 15) is 30.3 Å². The molecule has 1 aliphatic heterocycles. The third-order valence-corrected chi connectivity index (χ3v) is 10.1. The summed E-state index contributed by atoms with van der Waals surface area (Å²) in [5, 5.41) is 54.0. The topological polar surface area (TPSA) is 149 Å². The molecule has 1 aliphatic rings. The summed E-state index contributed by atoms with van der Waals surface area (Å²) in [7, 11) is 0. The first-order valence-corrected chi connectivity index (χ1v) is 22.0. The Morgan fingerprint density at radius 3 is 1.67 bits per heavy atom. The first-order chi connectivity index (χ1) is 26.8. The van der Waals surface area contributed by atoms with Crippen LogP contribution in [-0.2, 0) is 14.3 Å². The summed E-state index contributed by atoms with van der Waals surface area (Å²) in [5.41, 5.74) is 0. The maximum atomic E-state index is 12.9. The van der Waals surface area contributed by atoms with Crippen LogP contribution < -0.4 is 5.32 Å². The maximum absolute atomic E-state index is 12.9. The SMILES string of the molecule is CC/C=C\C/C=C\C/C=C\C/C=C\C/C=C\CCCCCCCCCCCC(=O)NC(COC1OC(CO)C(O)C(O)C1O)C(O)CCCCCCCCC. The zero-order valence-electron chi connectivity index (χ0n) is 34.7. The fourth-order valence-corrected chi connectivity index (χ4v) is 6.60. The van der Waals surface area contributed by atoms with Crippen LogP contribution in [0.2, 0.25) is 0 Å². The van der Waals surface area contributed by atoms with Crippen molar-refractivity contribution in [3.63, 3.8) is 0 Å². The predicted molar refractivity (Wildman–Crippen MR) is 226 cm³/mol. The molecule has 1 fully saturated rings. The molecule has 1 heterocycles. The lowest BCUT2D eigenvalue weighted by Crippen LogP contribution is -2.60. The second-order valence-electron chi connectivity index (χ2n) is 15.1. The van der Waals surface area contributed by atoms with Crippen LogP contribution in [0.5, 0.6) is 0 Å². The smallest absolute Gasteiger partial charge is 0.220 e. The lowest BCUT2D eigenvalue weighted by molar-refractivity contribution is -0.302. The number of aliphatic hydroxyl groups excluding tert-OH is 5. The van der Waals surface area contributed by atoms with Gasteiger partial charge in [0, 0.05) is 6.42 Å². The van der Waals surface area contributed by atoms with Crippen molar-refractivity contribution in [2.24, 2.45) is 0 Å². The van der Waals surface area contributed by atoms with Crippen LogP contribution in [0.25, 0.3) is 0 Å². The molecule has 0 aromatic rings. The Kier molecular flexibility index (Phi) is 33.5. The minimum atomic E-state index is -1.55. The van der Waals surface area contributed by atoms with Crippen LogP contribution in [0, 0.1) is 0 Å². The van der Waals surface area contributed by atoms with E-state index < -0.39 is 49.5 Å². The molecule has 55 heavy (non-hydrogen) atoms. The number of rotatable bonds is 35. The van der Waals surface area contributed by atoms with Crippen molar-refractivity contribution in [3.05, 3.63) is 60.8 Å². The van der Waals surface area contributed by atoms with Gasteiger partial charge in [-0.3, -0.25) is 4.79 Å². The van der Waals surface area contributed by atoms with Crippen LogP contribution in [0.4, 0.5) is 0 Å². The molecule has 318 valence electrons. The number of hydrogen-bond acceptors (Lipinski definition) is 8. The summed E-state index contributed by atoms with van der Waals surface area (Å²) in [5.74, 6) is -0.159. The second kappa shape index (κ2) is 36.2. The van der Waals surface area contributed by atoms with Crippen LogP contribution in [0.3, 0.4) is 0 Å². The molecular weight excluding hydrogens is 695 g/mol. The van der Waals surface area contributed by atoms with E-state index in [0.717, 1.165) is 77.0 Å². The molecule has 9 nitrogen and oxygen atoms in total. The van der Waals surface area contributed by atoms with Crippen molar-refractivity contribution in [1.29, 1.82) is 0 Å². The molecule has 6 N–H and O–H groups in total. The van der Waals surface area contributed by atoms with Gasteiger partial charge in [-0.15, -0.1) is 0 Å². The Morgan fingerprint density at radius 1 is 0.636 bits per heavy atom. The highest BCUT2D eigenvalue weighted by atomic mass is 16.7. The highest BCUT2D eigenvalue weighted by Gasteiger charge is 2.44. The third-order valence-electron chi connectivity index (χ3n) is 10.1. The molecule has 7 atom stereocenters. The van der Waals surface area contributed by atoms with Crippen molar-refractivity contribution in [3.8, 4) is 0 Å². The third kappa shape index (κ3) is 27.2. The van der Waals surface area contributed by atoms with E-state index in [1.54, 1.807) is 0 Å². The molecule has 0 aromatic heterocycles. The van der Waals surface area contributed by atoms with E-state index >= 15 is 0 Å². The van der Waals surface area contributed by atoms with Gasteiger partial charge < -0.3 is 40.3 Å². The van der Waals surface area contributed by atoms with Gasteiger partial charge in [-0.1, -0.05) is 164 Å². The fraction of sp³-hybridized carbons (Fsp3) is 0.761. The van der Waals surface area contributed by atoms with Crippen LogP contribution in [0.1, 0.15) is 168 Å². The summed E-state index contributed by atoms with van der Waals surface area (Å²) in [6, 6.07) is -0.721. The lowest BCUT2D eigenvalue weighted by atomic mass is 9.99. The molecule has 1 amide bonds. The molecule has 0 bridgehead atoms. The highest BCUT2D eigenvalue weighted by Crippen LogP contribution is 2.23. The Labute approximate surface area is 335 Å². The van der Waals surface area contributed by atoms with Gasteiger partial charge in [-0.2, -0.15) is 0 Å². The minimum absolute atomic E-state index is 0.144. The van der Waals surface area contributed by atoms with Gasteiger partial charge in [-0.25, -0.2) is 0 Å². The van der Waals surface area contributed by atoms with Crippen LogP contribution in [0.15, 0.2) is 60.8 Å². The maximum Gasteiger partial charge on any atom is 0.220 e. The highest BCUT2D eigenvalue weighted by molar-refractivity contribution is 5.76. The molecule has 1 saturated heterocycles. The second-order valence-corrected chi connectivity index (χ2v) is 15.1. The molecule has 9 heteroatoms. The Hall–Kier alpha value is -2.11. The Morgan fingerprint density at radius 2 is 1.13 bits per heavy atom.